The molecule has 0 saturated heterocycles. The van der Waals surface area contributed by atoms with Crippen LogP contribution in [0.3, 0.4) is 0 Å². The normalized spacial score (nSPS) is 12.7. The summed E-state index contributed by atoms with van der Waals surface area (Å²) in [5.74, 6) is 0. The van der Waals surface area contributed by atoms with Crippen molar-refractivity contribution >= 4 is 0 Å². The molecule has 0 atom stereocenters. The van der Waals surface area contributed by atoms with Crippen LogP contribution in [0.15, 0.2) is 30.5 Å². The molecule has 0 radical (unpaired) electrons. The van der Waals surface area contributed by atoms with E-state index in [1.54, 1.807) is 6.26 Å². The summed E-state index contributed by atoms with van der Waals surface area (Å²) >= 11 is 0. The van der Waals surface area contributed by atoms with E-state index in [1.807, 2.05) is 18.2 Å². The third kappa shape index (κ3) is 1.75. The zero-order valence-corrected chi connectivity index (χ0v) is 7.97. The van der Waals surface area contributed by atoms with E-state index in [-0.39, 0.29) is 22.4 Å². The molecular formula is C9H7AuO. The summed E-state index contributed by atoms with van der Waals surface area (Å²) < 4.78 is 5.06. The second-order valence-electron chi connectivity index (χ2n) is 2.23. The van der Waals surface area contributed by atoms with Crippen LogP contribution in [-0.4, -0.2) is 0 Å². The molecule has 0 saturated carbocycles. The molecule has 0 amide bonds. The standard InChI is InChI=1S/C9H7O.Au/c1-2-4-9-7-10-6-5-8(9)3-1;/h1-4,6H,7H2;/q-1;+1. The number of hydrogen-bond donors (Lipinski definition) is 0. The summed E-state index contributed by atoms with van der Waals surface area (Å²) in [5, 5.41) is 0. The molecule has 1 nitrogen and oxygen atoms in total. The molecule has 1 aromatic carbocycles. The molecule has 1 aliphatic heterocycles. The molecule has 0 spiro atoms. The van der Waals surface area contributed by atoms with Crippen molar-refractivity contribution in [2.45, 2.75) is 6.61 Å². The van der Waals surface area contributed by atoms with Crippen LogP contribution in [0.25, 0.3) is 0 Å². The van der Waals surface area contributed by atoms with Crippen LogP contribution in [0.2, 0.25) is 0 Å². The third-order valence-corrected chi connectivity index (χ3v) is 1.55. The van der Waals surface area contributed by atoms with Crippen LogP contribution in [-0.2, 0) is 33.7 Å². The molecule has 60 valence electrons. The van der Waals surface area contributed by atoms with Crippen molar-refractivity contribution in [3.8, 4) is 0 Å². The Balaban J connectivity index is 0.000000605. The van der Waals surface area contributed by atoms with Gasteiger partial charge in [0.2, 0.25) is 0 Å². The SMILES string of the molecule is [Au+].[C-]1=COCc2ccccc21. The van der Waals surface area contributed by atoms with Crippen molar-refractivity contribution in [2.24, 2.45) is 0 Å². The van der Waals surface area contributed by atoms with Crippen LogP contribution in [0.1, 0.15) is 11.1 Å². The van der Waals surface area contributed by atoms with E-state index in [0.29, 0.717) is 6.61 Å². The van der Waals surface area contributed by atoms with Crippen LogP contribution in [0, 0.1) is 6.08 Å². The molecule has 0 aromatic heterocycles. The van der Waals surface area contributed by atoms with E-state index in [9.17, 15) is 0 Å². The van der Waals surface area contributed by atoms with Gasteiger partial charge in [-0.2, -0.15) is 11.6 Å². The van der Waals surface area contributed by atoms with Gasteiger partial charge in [0.05, 0.1) is 6.61 Å². The van der Waals surface area contributed by atoms with E-state index in [4.69, 9.17) is 4.74 Å². The van der Waals surface area contributed by atoms with E-state index in [1.165, 1.54) is 5.56 Å². The number of fused-ring (bicyclic) bond motifs is 1. The van der Waals surface area contributed by atoms with Crippen molar-refractivity contribution in [2.75, 3.05) is 0 Å². The fourth-order valence-corrected chi connectivity index (χ4v) is 1.02. The molecule has 0 unspecified atom stereocenters. The number of rotatable bonds is 0. The predicted octanol–water partition coefficient (Wildman–Crippen LogP) is 1.88. The van der Waals surface area contributed by atoms with Crippen molar-refractivity contribution < 1.29 is 27.1 Å². The first kappa shape index (κ1) is 8.60. The van der Waals surface area contributed by atoms with Gasteiger partial charge in [0, 0.05) is 6.26 Å². The van der Waals surface area contributed by atoms with Gasteiger partial charge in [-0.3, -0.25) is 0 Å². The quantitative estimate of drug-likeness (QED) is 0.522. The van der Waals surface area contributed by atoms with Gasteiger partial charge in [-0.05, 0) is 0 Å². The van der Waals surface area contributed by atoms with Crippen molar-refractivity contribution in [1.82, 2.24) is 0 Å². The molecule has 11 heavy (non-hydrogen) atoms. The predicted molar refractivity (Wildman–Crippen MR) is 38.1 cm³/mol. The molecule has 0 bridgehead atoms. The molecule has 0 N–H and O–H groups in total. The Morgan fingerprint density at radius 2 is 2.09 bits per heavy atom. The van der Waals surface area contributed by atoms with Gasteiger partial charge < -0.3 is 4.74 Å². The fraction of sp³-hybridized carbons (Fsp3) is 0.111. The molecule has 2 heteroatoms. The Hall–Kier alpha value is -0.500. The second-order valence-corrected chi connectivity index (χ2v) is 2.23. The molecule has 1 aliphatic rings. The average Bonchev–Trinajstić information content (AvgIpc) is 2.05. The van der Waals surface area contributed by atoms with Crippen LogP contribution in [0.4, 0.5) is 0 Å². The molecule has 1 heterocycles. The smallest absolute Gasteiger partial charge is 0.522 e. The Morgan fingerprint density at radius 1 is 1.27 bits per heavy atom. The maximum Gasteiger partial charge on any atom is 1.00 e. The van der Waals surface area contributed by atoms with E-state index in [0.717, 1.165) is 5.56 Å². The summed E-state index contributed by atoms with van der Waals surface area (Å²) in [7, 11) is 0. The number of benzene rings is 1. The van der Waals surface area contributed by atoms with Gasteiger partial charge in [-0.1, -0.05) is 6.07 Å². The first-order chi connectivity index (χ1) is 4.97. The maximum absolute atomic E-state index is 5.06. The number of ether oxygens (including phenoxy) is 1. The second kappa shape index (κ2) is 3.77. The average molecular weight is 328 g/mol. The number of hydrogen-bond acceptors (Lipinski definition) is 1. The topological polar surface area (TPSA) is 9.23 Å². The Morgan fingerprint density at radius 3 is 2.91 bits per heavy atom. The fourth-order valence-electron chi connectivity index (χ4n) is 1.02. The Kier molecular flexibility index (Phi) is 2.94. The van der Waals surface area contributed by atoms with Crippen LogP contribution < -0.4 is 0 Å². The van der Waals surface area contributed by atoms with Gasteiger partial charge in [-0.15, -0.1) is 23.8 Å². The Labute approximate surface area is 81.6 Å². The zero-order valence-electron chi connectivity index (χ0n) is 5.80. The molecule has 0 aliphatic carbocycles. The van der Waals surface area contributed by atoms with Crippen molar-refractivity contribution in [3.63, 3.8) is 0 Å². The maximum atomic E-state index is 5.06. The van der Waals surface area contributed by atoms with Gasteiger partial charge in [0.15, 0.2) is 0 Å². The van der Waals surface area contributed by atoms with Crippen molar-refractivity contribution in [1.29, 1.82) is 0 Å². The first-order valence-electron chi connectivity index (χ1n) is 3.24. The van der Waals surface area contributed by atoms with Crippen molar-refractivity contribution in [3.05, 3.63) is 47.7 Å². The Bertz CT molecular complexity index is 268. The van der Waals surface area contributed by atoms with Gasteiger partial charge in [0.1, 0.15) is 0 Å². The summed E-state index contributed by atoms with van der Waals surface area (Å²) in [6.07, 6.45) is 4.63. The van der Waals surface area contributed by atoms with E-state index >= 15 is 0 Å². The molecule has 2 rings (SSSR count). The molecular weight excluding hydrogens is 321 g/mol. The van der Waals surface area contributed by atoms with Gasteiger partial charge in [-0.25, -0.2) is 0 Å². The minimum absolute atomic E-state index is 0. The zero-order chi connectivity index (χ0) is 6.81. The monoisotopic (exact) mass is 328 g/mol. The minimum Gasteiger partial charge on any atom is -0.522 e. The summed E-state index contributed by atoms with van der Waals surface area (Å²) in [5.41, 5.74) is 2.36. The van der Waals surface area contributed by atoms with Crippen LogP contribution in [0.5, 0.6) is 0 Å². The van der Waals surface area contributed by atoms with E-state index < -0.39 is 0 Å². The summed E-state index contributed by atoms with van der Waals surface area (Å²) in [6.45, 7) is 0.684. The van der Waals surface area contributed by atoms with Gasteiger partial charge in [0.25, 0.3) is 0 Å². The van der Waals surface area contributed by atoms with Crippen LogP contribution >= 0.6 is 0 Å². The van der Waals surface area contributed by atoms with E-state index in [2.05, 4.69) is 12.1 Å². The largest absolute Gasteiger partial charge is 1.00 e. The summed E-state index contributed by atoms with van der Waals surface area (Å²) in [4.78, 5) is 0. The first-order valence-corrected chi connectivity index (χ1v) is 3.24. The molecule has 0 fully saturated rings. The third-order valence-electron chi connectivity index (χ3n) is 1.55. The van der Waals surface area contributed by atoms with Gasteiger partial charge >= 0.3 is 22.4 Å². The minimum atomic E-state index is 0. The molecule has 1 aromatic rings. The summed E-state index contributed by atoms with van der Waals surface area (Å²) in [6, 6.07) is 8.10.